The molecule has 0 amide bonds. The van der Waals surface area contributed by atoms with Crippen LogP contribution in [0.25, 0.3) is 10.9 Å². The summed E-state index contributed by atoms with van der Waals surface area (Å²) in [5.41, 5.74) is 15.4. The topological polar surface area (TPSA) is 78.6 Å². The van der Waals surface area contributed by atoms with E-state index in [1.165, 1.54) is 22.9 Å². The van der Waals surface area contributed by atoms with Gasteiger partial charge in [0.2, 0.25) is 0 Å². The number of aromatic amines is 1. The van der Waals surface area contributed by atoms with Crippen molar-refractivity contribution >= 4 is 70.1 Å². The van der Waals surface area contributed by atoms with Crippen molar-refractivity contribution in [2.45, 2.75) is 32.4 Å². The summed E-state index contributed by atoms with van der Waals surface area (Å²) in [6.07, 6.45) is 3.86. The Labute approximate surface area is 196 Å². The summed E-state index contributed by atoms with van der Waals surface area (Å²) in [7, 11) is 0. The molecule has 0 radical (unpaired) electrons. The molecule has 0 fully saturated rings. The van der Waals surface area contributed by atoms with E-state index >= 15 is 0 Å². The number of hydrogen-bond donors (Lipinski definition) is 3. The number of rotatable bonds is 4. The van der Waals surface area contributed by atoms with E-state index in [1.54, 1.807) is 18.2 Å². The largest absolute Gasteiger partial charge is 0.353 e. The SMILES string of the molecule is Cc1ccc2[nH]c3c(c2c1)CCCC3=NNC=NC(N)c1c(Cl)cccc1Cl.I. The summed E-state index contributed by atoms with van der Waals surface area (Å²) in [6.45, 7) is 2.11. The van der Waals surface area contributed by atoms with Gasteiger partial charge in [0, 0.05) is 26.5 Å². The van der Waals surface area contributed by atoms with Crippen molar-refractivity contribution in [2.75, 3.05) is 0 Å². The third-order valence-electron chi connectivity index (χ3n) is 4.98. The molecular formula is C21H22Cl2IN5. The van der Waals surface area contributed by atoms with E-state index in [-0.39, 0.29) is 24.0 Å². The van der Waals surface area contributed by atoms with E-state index in [0.717, 1.165) is 36.2 Å². The second-order valence-corrected chi connectivity index (χ2v) is 7.74. The maximum absolute atomic E-state index is 6.17. The van der Waals surface area contributed by atoms with E-state index in [0.29, 0.717) is 15.6 Å². The number of halogens is 3. The van der Waals surface area contributed by atoms with Crippen molar-refractivity contribution in [3.8, 4) is 0 Å². The van der Waals surface area contributed by atoms with Crippen LogP contribution in [0.1, 0.15) is 41.4 Å². The normalized spacial score (nSPS) is 16.1. The molecule has 2 aromatic carbocycles. The summed E-state index contributed by atoms with van der Waals surface area (Å²) in [4.78, 5) is 7.78. The van der Waals surface area contributed by atoms with E-state index < -0.39 is 6.17 Å². The van der Waals surface area contributed by atoms with Crippen LogP contribution >= 0.6 is 47.2 Å². The lowest BCUT2D eigenvalue weighted by Crippen LogP contribution is -2.17. The number of H-pyrrole nitrogens is 1. The van der Waals surface area contributed by atoms with Gasteiger partial charge in [-0.2, -0.15) is 5.10 Å². The summed E-state index contributed by atoms with van der Waals surface area (Å²) in [6, 6.07) is 11.7. The number of nitrogens with one attached hydrogen (secondary N) is 2. The molecule has 1 aliphatic carbocycles. The second-order valence-electron chi connectivity index (χ2n) is 6.93. The van der Waals surface area contributed by atoms with Gasteiger partial charge in [-0.05, 0) is 56.0 Å². The zero-order chi connectivity index (χ0) is 19.7. The van der Waals surface area contributed by atoms with Gasteiger partial charge >= 0.3 is 0 Å². The predicted octanol–water partition coefficient (Wildman–Crippen LogP) is 5.72. The molecule has 1 unspecified atom stereocenters. The lowest BCUT2D eigenvalue weighted by atomic mass is 9.94. The number of aromatic nitrogens is 1. The predicted molar refractivity (Wildman–Crippen MR) is 133 cm³/mol. The second kappa shape index (κ2) is 9.47. The average molecular weight is 542 g/mol. The Morgan fingerprint density at radius 1 is 1.17 bits per heavy atom. The van der Waals surface area contributed by atoms with Crippen LogP contribution in [0.2, 0.25) is 10.0 Å². The highest BCUT2D eigenvalue weighted by Crippen LogP contribution is 2.30. The fraction of sp³-hybridized carbons (Fsp3) is 0.238. The molecule has 29 heavy (non-hydrogen) atoms. The van der Waals surface area contributed by atoms with Crippen molar-refractivity contribution in [1.82, 2.24) is 10.4 Å². The van der Waals surface area contributed by atoms with Crippen LogP contribution in [0.5, 0.6) is 0 Å². The lowest BCUT2D eigenvalue weighted by Gasteiger charge is -2.14. The highest BCUT2D eigenvalue weighted by atomic mass is 127. The minimum Gasteiger partial charge on any atom is -0.353 e. The molecule has 4 rings (SSSR count). The Morgan fingerprint density at radius 3 is 2.69 bits per heavy atom. The summed E-state index contributed by atoms with van der Waals surface area (Å²) in [5, 5.41) is 6.79. The number of aryl methyl sites for hydroxylation is 2. The fourth-order valence-electron chi connectivity index (χ4n) is 3.63. The molecule has 4 N–H and O–H groups in total. The van der Waals surface area contributed by atoms with Crippen LogP contribution in [0.15, 0.2) is 46.5 Å². The molecule has 0 spiro atoms. The quantitative estimate of drug-likeness (QED) is 0.171. The number of hydrogen-bond acceptors (Lipinski definition) is 3. The first-order valence-corrected chi connectivity index (χ1v) is 9.95. The molecule has 1 aliphatic rings. The van der Waals surface area contributed by atoms with Crippen LogP contribution in [0.4, 0.5) is 0 Å². The van der Waals surface area contributed by atoms with E-state index in [1.807, 2.05) is 0 Å². The Morgan fingerprint density at radius 2 is 1.93 bits per heavy atom. The maximum atomic E-state index is 6.17. The van der Waals surface area contributed by atoms with Gasteiger partial charge in [-0.3, -0.25) is 10.4 Å². The number of nitrogens with two attached hydrogens (primary N) is 1. The molecule has 0 bridgehead atoms. The summed E-state index contributed by atoms with van der Waals surface area (Å²) < 4.78 is 0. The average Bonchev–Trinajstić information content (AvgIpc) is 3.04. The molecule has 8 heteroatoms. The smallest absolute Gasteiger partial charge is 0.127 e. The molecule has 1 atom stereocenters. The Balaban J connectivity index is 0.00000240. The molecule has 5 nitrogen and oxygen atoms in total. The molecule has 152 valence electrons. The van der Waals surface area contributed by atoms with Gasteiger partial charge in [-0.1, -0.05) is 40.9 Å². The monoisotopic (exact) mass is 541 g/mol. The summed E-state index contributed by atoms with van der Waals surface area (Å²) >= 11 is 12.3. The number of fused-ring (bicyclic) bond motifs is 3. The Hall–Kier alpha value is -1.61. The van der Waals surface area contributed by atoms with Crippen LogP contribution in [0, 0.1) is 6.92 Å². The molecular weight excluding hydrogens is 520 g/mol. The standard InChI is InChI=1S/C21H21Cl2N5.HI/c1-12-8-9-17-14(10-12)13-4-2-7-18(20(13)27-17)28-26-11-25-21(24)19-15(22)5-3-6-16(19)23;/h3,5-6,8-11,21,27H,2,4,7,24H2,1H3,(H,25,26);1H. The number of hydrazone groups is 1. The van der Waals surface area contributed by atoms with Gasteiger partial charge in [-0.25, -0.2) is 0 Å². The summed E-state index contributed by atoms with van der Waals surface area (Å²) in [5.74, 6) is 0. The highest BCUT2D eigenvalue weighted by Gasteiger charge is 2.20. The third kappa shape index (κ3) is 4.60. The first-order valence-electron chi connectivity index (χ1n) is 9.19. The van der Waals surface area contributed by atoms with E-state index in [2.05, 4.69) is 45.6 Å². The fourth-order valence-corrected chi connectivity index (χ4v) is 4.25. The van der Waals surface area contributed by atoms with Crippen molar-refractivity contribution in [2.24, 2.45) is 15.8 Å². The molecule has 0 saturated carbocycles. The third-order valence-corrected chi connectivity index (χ3v) is 5.64. The zero-order valence-electron chi connectivity index (χ0n) is 15.9. The minimum absolute atomic E-state index is 0. The number of nitrogens with zero attached hydrogens (tertiary/aromatic N) is 2. The van der Waals surface area contributed by atoms with Crippen molar-refractivity contribution < 1.29 is 0 Å². The van der Waals surface area contributed by atoms with Gasteiger partial charge in [-0.15, -0.1) is 24.0 Å². The van der Waals surface area contributed by atoms with Crippen LogP contribution in [-0.4, -0.2) is 17.0 Å². The van der Waals surface area contributed by atoms with Crippen LogP contribution < -0.4 is 11.2 Å². The van der Waals surface area contributed by atoms with Gasteiger partial charge < -0.3 is 10.7 Å². The van der Waals surface area contributed by atoms with E-state index in [4.69, 9.17) is 28.9 Å². The first kappa shape index (κ1) is 22.1. The Kier molecular flexibility index (Phi) is 7.21. The molecule has 0 aliphatic heterocycles. The van der Waals surface area contributed by atoms with Crippen molar-refractivity contribution in [3.63, 3.8) is 0 Å². The maximum Gasteiger partial charge on any atom is 0.127 e. The lowest BCUT2D eigenvalue weighted by molar-refractivity contribution is 0.771. The Bertz CT molecular complexity index is 1070. The minimum atomic E-state index is -0.660. The van der Waals surface area contributed by atoms with Crippen molar-refractivity contribution in [1.29, 1.82) is 0 Å². The van der Waals surface area contributed by atoms with Gasteiger partial charge in [0.1, 0.15) is 12.5 Å². The van der Waals surface area contributed by atoms with Gasteiger partial charge in [0.25, 0.3) is 0 Å². The molecule has 0 saturated heterocycles. The van der Waals surface area contributed by atoms with E-state index in [9.17, 15) is 0 Å². The highest BCUT2D eigenvalue weighted by molar-refractivity contribution is 14.0. The first-order chi connectivity index (χ1) is 13.5. The van der Waals surface area contributed by atoms with Gasteiger partial charge in [0.05, 0.1) is 11.4 Å². The van der Waals surface area contributed by atoms with Gasteiger partial charge in [0.15, 0.2) is 0 Å². The zero-order valence-corrected chi connectivity index (χ0v) is 19.7. The molecule has 1 heterocycles. The van der Waals surface area contributed by atoms with Crippen LogP contribution in [-0.2, 0) is 6.42 Å². The molecule has 1 aromatic heterocycles. The van der Waals surface area contributed by atoms with Crippen molar-refractivity contribution in [3.05, 3.63) is 68.8 Å². The molecule has 3 aromatic rings. The number of aliphatic imine (C=N–C) groups is 1. The van der Waals surface area contributed by atoms with Crippen LogP contribution in [0.3, 0.4) is 0 Å². The number of benzene rings is 2.